The second-order valence-electron chi connectivity index (χ2n) is 7.89. The molecule has 28 heavy (non-hydrogen) atoms. The van der Waals surface area contributed by atoms with Gasteiger partial charge in [-0.1, -0.05) is 103 Å². The van der Waals surface area contributed by atoms with Crippen molar-refractivity contribution in [2.75, 3.05) is 6.54 Å². The number of benzene rings is 1. The first-order chi connectivity index (χ1) is 13.5. The van der Waals surface area contributed by atoms with E-state index in [9.17, 15) is 8.42 Å². The summed E-state index contributed by atoms with van der Waals surface area (Å²) < 4.78 is 31.0. The Labute approximate surface area is 173 Å². The predicted molar refractivity (Wildman–Crippen MR) is 118 cm³/mol. The van der Waals surface area contributed by atoms with Gasteiger partial charge in [0.05, 0.1) is 4.90 Å². The lowest BCUT2D eigenvalue weighted by Crippen LogP contribution is -2.14. The molecule has 0 atom stereocenters. The van der Waals surface area contributed by atoms with Crippen LogP contribution in [0.25, 0.3) is 0 Å². The van der Waals surface area contributed by atoms with E-state index in [-0.39, 0.29) is 4.90 Å². The van der Waals surface area contributed by atoms with Gasteiger partial charge in [-0.05, 0) is 30.7 Å². The van der Waals surface area contributed by atoms with Crippen LogP contribution in [0.5, 0.6) is 0 Å². The minimum absolute atomic E-state index is 0.0526. The van der Waals surface area contributed by atoms with Crippen LogP contribution >= 0.6 is 0 Å². The lowest BCUT2D eigenvalue weighted by atomic mass is 10.0. The van der Waals surface area contributed by atoms with Crippen LogP contribution in [0.3, 0.4) is 0 Å². The number of hydrogen-bond acceptors (Lipinski definition) is 3. The van der Waals surface area contributed by atoms with Crippen molar-refractivity contribution in [3.8, 4) is 0 Å². The van der Waals surface area contributed by atoms with Crippen molar-refractivity contribution in [1.82, 2.24) is 5.32 Å². The third-order valence-corrected chi connectivity index (χ3v) is 6.13. The zero-order valence-corrected chi connectivity index (χ0v) is 18.6. The molecule has 162 valence electrons. The van der Waals surface area contributed by atoms with Gasteiger partial charge in [-0.3, -0.25) is 4.55 Å². The van der Waals surface area contributed by atoms with Gasteiger partial charge in [0.25, 0.3) is 10.1 Å². The van der Waals surface area contributed by atoms with Crippen LogP contribution in [0.15, 0.2) is 29.2 Å². The largest absolute Gasteiger partial charge is 0.313 e. The predicted octanol–water partition coefficient (Wildman–Crippen LogP) is 6.50. The van der Waals surface area contributed by atoms with Crippen molar-refractivity contribution >= 4 is 10.1 Å². The highest BCUT2D eigenvalue weighted by molar-refractivity contribution is 7.85. The van der Waals surface area contributed by atoms with Crippen LogP contribution in [0.2, 0.25) is 0 Å². The Morgan fingerprint density at radius 2 is 1.14 bits per heavy atom. The maximum absolute atomic E-state index is 11.0. The standard InChI is InChI=1S/C23H41NO3S/c1-2-3-4-5-6-7-8-9-10-11-12-13-14-15-20-24-21-22-16-18-23(19-17-22)28(25,26)27/h16-19,24H,2-15,20-21H2,1H3,(H,25,26,27). The molecule has 4 nitrogen and oxygen atoms in total. The third-order valence-electron chi connectivity index (χ3n) is 5.26. The highest BCUT2D eigenvalue weighted by Crippen LogP contribution is 2.13. The molecule has 5 heteroatoms. The molecule has 0 aliphatic carbocycles. The van der Waals surface area contributed by atoms with E-state index in [1.54, 1.807) is 12.1 Å². The molecule has 0 unspecified atom stereocenters. The summed E-state index contributed by atoms with van der Waals surface area (Å²) in [4.78, 5) is -0.0526. The zero-order chi connectivity index (χ0) is 20.5. The van der Waals surface area contributed by atoms with Gasteiger partial charge in [-0.2, -0.15) is 8.42 Å². The van der Waals surface area contributed by atoms with Crippen LogP contribution in [-0.2, 0) is 16.7 Å². The van der Waals surface area contributed by atoms with E-state index in [0.29, 0.717) is 0 Å². The Morgan fingerprint density at radius 1 is 0.714 bits per heavy atom. The fourth-order valence-electron chi connectivity index (χ4n) is 3.46. The van der Waals surface area contributed by atoms with Crippen LogP contribution in [0.4, 0.5) is 0 Å². The number of unbranched alkanes of at least 4 members (excludes halogenated alkanes) is 13. The van der Waals surface area contributed by atoms with Crippen molar-refractivity contribution in [2.45, 2.75) is 108 Å². The van der Waals surface area contributed by atoms with Crippen molar-refractivity contribution < 1.29 is 13.0 Å². The molecule has 0 aromatic heterocycles. The van der Waals surface area contributed by atoms with Crippen LogP contribution in [-0.4, -0.2) is 19.5 Å². The first kappa shape index (κ1) is 25.1. The summed E-state index contributed by atoms with van der Waals surface area (Å²) in [6, 6.07) is 6.36. The van der Waals surface area contributed by atoms with Gasteiger partial charge in [-0.25, -0.2) is 0 Å². The van der Waals surface area contributed by atoms with E-state index in [4.69, 9.17) is 4.55 Å². The molecule has 0 saturated heterocycles. The fraction of sp³-hybridized carbons (Fsp3) is 0.739. The molecule has 1 aromatic rings. The molecule has 0 amide bonds. The summed E-state index contributed by atoms with van der Waals surface area (Å²) in [5, 5.41) is 3.39. The van der Waals surface area contributed by atoms with Crippen molar-refractivity contribution in [3.63, 3.8) is 0 Å². The molecule has 0 aliphatic heterocycles. The zero-order valence-electron chi connectivity index (χ0n) is 17.8. The van der Waals surface area contributed by atoms with Crippen molar-refractivity contribution in [1.29, 1.82) is 0 Å². The highest BCUT2D eigenvalue weighted by atomic mass is 32.2. The topological polar surface area (TPSA) is 66.4 Å². The molecule has 0 aliphatic rings. The van der Waals surface area contributed by atoms with Gasteiger partial charge >= 0.3 is 0 Å². The molecule has 1 aromatic carbocycles. The van der Waals surface area contributed by atoms with E-state index in [0.717, 1.165) is 18.7 Å². The normalized spacial score (nSPS) is 11.8. The summed E-state index contributed by atoms with van der Waals surface area (Å²) >= 11 is 0. The summed E-state index contributed by atoms with van der Waals surface area (Å²) in [6.45, 7) is 3.98. The number of nitrogens with one attached hydrogen (secondary N) is 1. The first-order valence-corrected chi connectivity index (χ1v) is 12.7. The SMILES string of the molecule is CCCCCCCCCCCCCCCCNCc1ccc(S(=O)(=O)O)cc1. The molecule has 0 bridgehead atoms. The van der Waals surface area contributed by atoms with E-state index in [1.165, 1.54) is 102 Å². The summed E-state index contributed by atoms with van der Waals surface area (Å²) in [5.74, 6) is 0. The average Bonchev–Trinajstić information content (AvgIpc) is 2.67. The molecule has 2 N–H and O–H groups in total. The number of hydrogen-bond donors (Lipinski definition) is 2. The highest BCUT2D eigenvalue weighted by Gasteiger charge is 2.07. The van der Waals surface area contributed by atoms with Crippen molar-refractivity contribution in [2.24, 2.45) is 0 Å². The van der Waals surface area contributed by atoms with Crippen LogP contribution < -0.4 is 5.32 Å². The molecular weight excluding hydrogens is 370 g/mol. The van der Waals surface area contributed by atoms with Crippen LogP contribution in [0.1, 0.15) is 102 Å². The van der Waals surface area contributed by atoms with Gasteiger partial charge in [0.1, 0.15) is 0 Å². The second-order valence-corrected chi connectivity index (χ2v) is 9.31. The lowest BCUT2D eigenvalue weighted by molar-refractivity contribution is 0.483. The molecule has 0 fully saturated rings. The Morgan fingerprint density at radius 3 is 1.57 bits per heavy atom. The van der Waals surface area contributed by atoms with Gasteiger partial charge in [0.2, 0.25) is 0 Å². The Kier molecular flexibility index (Phi) is 14.3. The first-order valence-electron chi connectivity index (χ1n) is 11.3. The Hall–Kier alpha value is -0.910. The van der Waals surface area contributed by atoms with E-state index >= 15 is 0 Å². The number of rotatable bonds is 18. The molecule has 0 heterocycles. The quantitative estimate of drug-likeness (QED) is 0.214. The average molecular weight is 412 g/mol. The molecule has 0 spiro atoms. The van der Waals surface area contributed by atoms with E-state index in [1.807, 2.05) is 0 Å². The third kappa shape index (κ3) is 13.3. The maximum Gasteiger partial charge on any atom is 0.294 e. The minimum Gasteiger partial charge on any atom is -0.313 e. The van der Waals surface area contributed by atoms with Gasteiger partial charge in [0.15, 0.2) is 0 Å². The summed E-state index contributed by atoms with van der Waals surface area (Å²) in [5.41, 5.74) is 1.03. The lowest BCUT2D eigenvalue weighted by Gasteiger charge is -2.06. The van der Waals surface area contributed by atoms with Crippen molar-refractivity contribution in [3.05, 3.63) is 29.8 Å². The molecule has 1 rings (SSSR count). The monoisotopic (exact) mass is 411 g/mol. The molecular formula is C23H41NO3S. The van der Waals surface area contributed by atoms with Gasteiger partial charge in [-0.15, -0.1) is 0 Å². The van der Waals surface area contributed by atoms with E-state index < -0.39 is 10.1 Å². The smallest absolute Gasteiger partial charge is 0.294 e. The molecule has 0 radical (unpaired) electrons. The Balaban J connectivity index is 1.85. The summed E-state index contributed by atoms with van der Waals surface area (Å²) in [7, 11) is -4.09. The molecule has 0 saturated carbocycles. The Bertz CT molecular complexity index is 584. The van der Waals surface area contributed by atoms with Crippen LogP contribution in [0, 0.1) is 0 Å². The van der Waals surface area contributed by atoms with E-state index in [2.05, 4.69) is 12.2 Å². The van der Waals surface area contributed by atoms with Gasteiger partial charge in [0, 0.05) is 6.54 Å². The maximum atomic E-state index is 11.0. The summed E-state index contributed by atoms with van der Waals surface area (Å²) in [6.07, 6.45) is 19.2. The minimum atomic E-state index is -4.09. The second kappa shape index (κ2) is 15.9. The van der Waals surface area contributed by atoms with Gasteiger partial charge < -0.3 is 5.32 Å². The fourth-order valence-corrected chi connectivity index (χ4v) is 3.94.